The van der Waals surface area contributed by atoms with Gasteiger partial charge in [-0.1, -0.05) is 0 Å². The van der Waals surface area contributed by atoms with Crippen LogP contribution < -0.4 is 5.32 Å². The van der Waals surface area contributed by atoms with E-state index in [1.54, 1.807) is 0 Å². The van der Waals surface area contributed by atoms with E-state index >= 15 is 0 Å². The Balaban J connectivity index is 2.35. The Morgan fingerprint density at radius 3 is 3.17 bits per heavy atom. The fraction of sp³-hybridized carbons (Fsp3) is 0.875. The van der Waals surface area contributed by atoms with Gasteiger partial charge in [-0.3, -0.25) is 9.69 Å². The minimum Gasteiger partial charge on any atom is -0.396 e. The molecule has 4 heteroatoms. The molecular formula is C8H16N2O2. The highest BCUT2D eigenvalue weighted by atomic mass is 16.3. The van der Waals surface area contributed by atoms with E-state index in [1.807, 2.05) is 6.92 Å². The van der Waals surface area contributed by atoms with Gasteiger partial charge in [-0.05, 0) is 13.3 Å². The summed E-state index contributed by atoms with van der Waals surface area (Å²) >= 11 is 0. The molecule has 1 unspecified atom stereocenters. The lowest BCUT2D eigenvalue weighted by atomic mass is 10.2. The van der Waals surface area contributed by atoms with Gasteiger partial charge in [0.2, 0.25) is 5.91 Å². The van der Waals surface area contributed by atoms with E-state index in [4.69, 9.17) is 5.11 Å². The maximum absolute atomic E-state index is 11.2. The first kappa shape index (κ1) is 9.48. The fourth-order valence-corrected chi connectivity index (χ4v) is 1.41. The molecule has 0 saturated carbocycles. The van der Waals surface area contributed by atoms with E-state index in [1.165, 1.54) is 0 Å². The summed E-state index contributed by atoms with van der Waals surface area (Å²) in [6, 6.07) is -0.0368. The van der Waals surface area contributed by atoms with E-state index in [0.29, 0.717) is 0 Å². The molecule has 12 heavy (non-hydrogen) atoms. The lowest BCUT2D eigenvalue weighted by molar-refractivity contribution is -0.128. The number of carbonyl (C=O) groups is 1. The predicted octanol–water partition coefficient (Wildman–Crippen LogP) is -0.811. The molecule has 0 aromatic rings. The maximum Gasteiger partial charge on any atom is 0.237 e. The van der Waals surface area contributed by atoms with Crippen LogP contribution in [0.15, 0.2) is 0 Å². The van der Waals surface area contributed by atoms with Gasteiger partial charge >= 0.3 is 0 Å². The lowest BCUT2D eigenvalue weighted by Crippen LogP contribution is -2.54. The molecule has 2 N–H and O–H groups in total. The normalized spacial score (nSPS) is 25.5. The fourth-order valence-electron chi connectivity index (χ4n) is 1.41. The molecule has 0 aromatic heterocycles. The van der Waals surface area contributed by atoms with Crippen LogP contribution in [0.5, 0.6) is 0 Å². The first-order chi connectivity index (χ1) is 5.75. The van der Waals surface area contributed by atoms with Crippen LogP contribution in [0.4, 0.5) is 0 Å². The largest absolute Gasteiger partial charge is 0.396 e. The summed E-state index contributed by atoms with van der Waals surface area (Å²) in [5.41, 5.74) is 0. The first-order valence-electron chi connectivity index (χ1n) is 4.38. The Morgan fingerprint density at radius 2 is 2.50 bits per heavy atom. The zero-order valence-electron chi connectivity index (χ0n) is 7.42. The summed E-state index contributed by atoms with van der Waals surface area (Å²) in [6.07, 6.45) is 0.748. The highest BCUT2D eigenvalue weighted by molar-refractivity contribution is 5.81. The molecule has 1 atom stereocenters. The van der Waals surface area contributed by atoms with Gasteiger partial charge in [-0.2, -0.15) is 0 Å². The molecule has 1 amide bonds. The third-order valence-corrected chi connectivity index (χ3v) is 2.23. The number of aliphatic hydroxyl groups excluding tert-OH is 1. The molecule has 1 fully saturated rings. The minimum atomic E-state index is -0.0368. The molecule has 1 aliphatic heterocycles. The number of carbonyl (C=O) groups excluding carboxylic acids is 1. The quantitative estimate of drug-likeness (QED) is 0.585. The van der Waals surface area contributed by atoms with E-state index in [9.17, 15) is 4.79 Å². The van der Waals surface area contributed by atoms with Crippen molar-refractivity contribution in [3.63, 3.8) is 0 Å². The molecule has 4 nitrogen and oxygen atoms in total. The van der Waals surface area contributed by atoms with Gasteiger partial charge in [0.25, 0.3) is 0 Å². The Bertz CT molecular complexity index is 161. The topological polar surface area (TPSA) is 52.6 Å². The molecule has 1 aliphatic rings. The van der Waals surface area contributed by atoms with Crippen molar-refractivity contribution < 1.29 is 9.90 Å². The second kappa shape index (κ2) is 4.42. The van der Waals surface area contributed by atoms with E-state index in [0.717, 1.165) is 26.1 Å². The summed E-state index contributed by atoms with van der Waals surface area (Å²) in [5.74, 6) is 0.0965. The van der Waals surface area contributed by atoms with Gasteiger partial charge in [0.15, 0.2) is 0 Å². The number of hydrogen-bond donors (Lipinski definition) is 2. The number of piperazine rings is 1. The van der Waals surface area contributed by atoms with Crippen molar-refractivity contribution in [3.8, 4) is 0 Å². The first-order valence-corrected chi connectivity index (χ1v) is 4.38. The number of nitrogens with zero attached hydrogens (tertiary/aromatic N) is 1. The number of aliphatic hydroxyl groups is 1. The van der Waals surface area contributed by atoms with E-state index < -0.39 is 0 Å². The van der Waals surface area contributed by atoms with Crippen LogP contribution in [-0.4, -0.2) is 48.2 Å². The van der Waals surface area contributed by atoms with Crippen molar-refractivity contribution in [2.45, 2.75) is 19.4 Å². The second-order valence-corrected chi connectivity index (χ2v) is 3.08. The van der Waals surface area contributed by atoms with Gasteiger partial charge in [0.1, 0.15) is 0 Å². The van der Waals surface area contributed by atoms with Crippen molar-refractivity contribution in [1.82, 2.24) is 10.2 Å². The Labute approximate surface area is 72.6 Å². The average molecular weight is 172 g/mol. The monoisotopic (exact) mass is 172 g/mol. The molecule has 0 spiro atoms. The number of rotatable bonds is 3. The summed E-state index contributed by atoms with van der Waals surface area (Å²) in [5, 5.41) is 11.4. The highest BCUT2D eigenvalue weighted by Crippen LogP contribution is 2.03. The van der Waals surface area contributed by atoms with Crippen LogP contribution in [0.2, 0.25) is 0 Å². The minimum absolute atomic E-state index is 0.0368. The van der Waals surface area contributed by atoms with Gasteiger partial charge in [0, 0.05) is 26.2 Å². The summed E-state index contributed by atoms with van der Waals surface area (Å²) < 4.78 is 0. The van der Waals surface area contributed by atoms with Gasteiger partial charge in [0.05, 0.1) is 6.04 Å². The summed E-state index contributed by atoms with van der Waals surface area (Å²) in [4.78, 5) is 13.2. The second-order valence-electron chi connectivity index (χ2n) is 3.08. The SMILES string of the molecule is CC1C(=O)NCCN1CCCO. The molecular weight excluding hydrogens is 156 g/mol. The molecule has 0 aliphatic carbocycles. The van der Waals surface area contributed by atoms with Crippen molar-refractivity contribution in [2.75, 3.05) is 26.2 Å². The average Bonchev–Trinajstić information content (AvgIpc) is 2.08. The molecule has 0 radical (unpaired) electrons. The van der Waals surface area contributed by atoms with Crippen molar-refractivity contribution in [2.24, 2.45) is 0 Å². The van der Waals surface area contributed by atoms with E-state index in [2.05, 4.69) is 10.2 Å². The summed E-state index contributed by atoms with van der Waals surface area (Å²) in [7, 11) is 0. The van der Waals surface area contributed by atoms with E-state index in [-0.39, 0.29) is 18.6 Å². The molecule has 0 bridgehead atoms. The van der Waals surface area contributed by atoms with Crippen LogP contribution in [0.3, 0.4) is 0 Å². The highest BCUT2D eigenvalue weighted by Gasteiger charge is 2.24. The third kappa shape index (κ3) is 2.19. The number of hydrogen-bond acceptors (Lipinski definition) is 3. The maximum atomic E-state index is 11.2. The molecule has 70 valence electrons. The van der Waals surface area contributed by atoms with Gasteiger partial charge in [-0.15, -0.1) is 0 Å². The smallest absolute Gasteiger partial charge is 0.237 e. The third-order valence-electron chi connectivity index (χ3n) is 2.23. The molecule has 0 aromatic carbocycles. The van der Waals surface area contributed by atoms with Gasteiger partial charge < -0.3 is 10.4 Å². The predicted molar refractivity (Wildman–Crippen MR) is 45.7 cm³/mol. The van der Waals surface area contributed by atoms with Crippen molar-refractivity contribution in [1.29, 1.82) is 0 Å². The molecule has 1 rings (SSSR count). The van der Waals surface area contributed by atoms with Crippen LogP contribution in [0, 0.1) is 0 Å². The van der Waals surface area contributed by atoms with Crippen LogP contribution >= 0.6 is 0 Å². The Hall–Kier alpha value is -0.610. The molecule has 1 saturated heterocycles. The summed E-state index contributed by atoms with van der Waals surface area (Å²) in [6.45, 7) is 4.53. The number of amides is 1. The van der Waals surface area contributed by atoms with Crippen LogP contribution in [0.25, 0.3) is 0 Å². The molecule has 1 heterocycles. The van der Waals surface area contributed by atoms with Crippen LogP contribution in [0.1, 0.15) is 13.3 Å². The Kier molecular flexibility index (Phi) is 3.49. The standard InChI is InChI=1S/C8H16N2O2/c1-7-8(12)9-3-5-10(7)4-2-6-11/h7,11H,2-6H2,1H3,(H,9,12). The van der Waals surface area contributed by atoms with Crippen molar-refractivity contribution >= 4 is 5.91 Å². The van der Waals surface area contributed by atoms with Crippen molar-refractivity contribution in [3.05, 3.63) is 0 Å². The zero-order valence-corrected chi connectivity index (χ0v) is 7.42. The zero-order chi connectivity index (χ0) is 8.97. The Morgan fingerprint density at radius 1 is 1.75 bits per heavy atom. The number of nitrogens with one attached hydrogen (secondary N) is 1. The lowest BCUT2D eigenvalue weighted by Gasteiger charge is -2.32. The van der Waals surface area contributed by atoms with Crippen LogP contribution in [-0.2, 0) is 4.79 Å². The van der Waals surface area contributed by atoms with Gasteiger partial charge in [-0.25, -0.2) is 0 Å².